The number of aryl methyl sites for hydroxylation is 1. The quantitative estimate of drug-likeness (QED) is 0.804. The molecule has 5 nitrogen and oxygen atoms in total. The highest BCUT2D eigenvalue weighted by atomic mass is 32.2. The summed E-state index contributed by atoms with van der Waals surface area (Å²) in [5.74, 6) is -1.14. The van der Waals surface area contributed by atoms with E-state index >= 15 is 0 Å². The Bertz CT molecular complexity index is 507. The molecule has 0 fully saturated rings. The predicted molar refractivity (Wildman–Crippen MR) is 70.3 cm³/mol. The second kappa shape index (κ2) is 6.31. The van der Waals surface area contributed by atoms with Gasteiger partial charge in [0.1, 0.15) is 10.3 Å². The molecule has 0 amide bonds. The number of hydrogen-bond donors (Lipinski definition) is 2. The number of nitrogens with one attached hydrogen (secondary N) is 1. The average Bonchev–Trinajstić information content (AvgIpc) is 2.71. The minimum Gasteiger partial charge on any atom is -0.480 e. The van der Waals surface area contributed by atoms with Crippen molar-refractivity contribution in [2.45, 2.75) is 43.4 Å². The lowest BCUT2D eigenvalue weighted by atomic mass is 10.1. The normalized spacial score (nSPS) is 13.4. The molecular formula is C11H17NO4S2. The van der Waals surface area contributed by atoms with Gasteiger partial charge in [0.2, 0.25) is 0 Å². The SMILES string of the molecule is CCCC[C@H](NS(=O)(=O)c1ccc(C)s1)C(=O)O. The number of aliphatic carboxylic acids is 1. The van der Waals surface area contributed by atoms with Crippen LogP contribution in [0.3, 0.4) is 0 Å². The number of thiophene rings is 1. The molecule has 0 aliphatic rings. The van der Waals surface area contributed by atoms with Gasteiger partial charge in [-0.3, -0.25) is 4.79 Å². The molecule has 0 saturated heterocycles. The van der Waals surface area contributed by atoms with Crippen LogP contribution in [0.2, 0.25) is 0 Å². The molecule has 0 aromatic carbocycles. The van der Waals surface area contributed by atoms with Gasteiger partial charge in [0.15, 0.2) is 0 Å². The largest absolute Gasteiger partial charge is 0.480 e. The van der Waals surface area contributed by atoms with Crippen molar-refractivity contribution >= 4 is 27.3 Å². The van der Waals surface area contributed by atoms with E-state index in [1.54, 1.807) is 13.0 Å². The highest BCUT2D eigenvalue weighted by Gasteiger charge is 2.25. The van der Waals surface area contributed by atoms with Crippen LogP contribution in [-0.4, -0.2) is 25.5 Å². The Morgan fingerprint density at radius 2 is 2.17 bits per heavy atom. The molecule has 0 aliphatic heterocycles. The molecule has 7 heteroatoms. The summed E-state index contributed by atoms with van der Waals surface area (Å²) in [5.41, 5.74) is 0. The second-order valence-corrected chi connectivity index (χ2v) is 7.25. The van der Waals surface area contributed by atoms with Gasteiger partial charge in [-0.15, -0.1) is 11.3 Å². The van der Waals surface area contributed by atoms with E-state index in [-0.39, 0.29) is 4.21 Å². The van der Waals surface area contributed by atoms with Crippen molar-refractivity contribution < 1.29 is 18.3 Å². The summed E-state index contributed by atoms with van der Waals surface area (Å²) in [7, 11) is -3.73. The third-order valence-electron chi connectivity index (χ3n) is 2.42. The molecule has 1 atom stereocenters. The summed E-state index contributed by atoms with van der Waals surface area (Å²) < 4.78 is 26.3. The molecule has 0 aliphatic carbocycles. The van der Waals surface area contributed by atoms with Gasteiger partial charge in [-0.05, 0) is 25.5 Å². The van der Waals surface area contributed by atoms with Crippen molar-refractivity contribution in [3.05, 3.63) is 17.0 Å². The summed E-state index contributed by atoms with van der Waals surface area (Å²) in [6.45, 7) is 3.73. The van der Waals surface area contributed by atoms with Crippen molar-refractivity contribution in [2.75, 3.05) is 0 Å². The van der Waals surface area contributed by atoms with E-state index in [9.17, 15) is 13.2 Å². The van der Waals surface area contributed by atoms with E-state index in [1.807, 2.05) is 6.92 Å². The fourth-order valence-corrected chi connectivity index (χ4v) is 3.97. The first kappa shape index (κ1) is 15.1. The number of carboxylic acid groups (broad SMARTS) is 1. The number of carboxylic acids is 1. The zero-order chi connectivity index (χ0) is 13.8. The zero-order valence-electron chi connectivity index (χ0n) is 10.3. The molecule has 102 valence electrons. The van der Waals surface area contributed by atoms with Gasteiger partial charge in [0.05, 0.1) is 0 Å². The van der Waals surface area contributed by atoms with Gasteiger partial charge >= 0.3 is 5.97 Å². The van der Waals surface area contributed by atoms with Crippen molar-refractivity contribution in [1.29, 1.82) is 0 Å². The smallest absolute Gasteiger partial charge is 0.321 e. The second-order valence-electron chi connectivity index (χ2n) is 4.02. The Balaban J connectivity index is 2.82. The molecule has 0 bridgehead atoms. The maximum Gasteiger partial charge on any atom is 0.321 e. The fourth-order valence-electron chi connectivity index (χ4n) is 1.44. The standard InChI is InChI=1S/C11H17NO4S2/c1-3-4-5-9(11(13)14)12-18(15,16)10-7-6-8(2)17-10/h6-7,9,12H,3-5H2,1-2H3,(H,13,14)/t9-/m0/s1. The topological polar surface area (TPSA) is 83.5 Å². The molecule has 1 aromatic rings. The number of hydrogen-bond acceptors (Lipinski definition) is 4. The third kappa shape index (κ3) is 4.08. The van der Waals surface area contributed by atoms with Crippen molar-refractivity contribution in [3.63, 3.8) is 0 Å². The van der Waals surface area contributed by atoms with Gasteiger partial charge in [-0.1, -0.05) is 19.8 Å². The predicted octanol–water partition coefficient (Wildman–Crippen LogP) is 1.98. The van der Waals surface area contributed by atoms with Crippen molar-refractivity contribution in [2.24, 2.45) is 0 Å². The maximum atomic E-state index is 12.0. The minimum absolute atomic E-state index is 0.155. The minimum atomic E-state index is -3.73. The number of rotatable bonds is 7. The molecule has 0 spiro atoms. The summed E-state index contributed by atoms with van der Waals surface area (Å²) in [5, 5.41) is 8.99. The molecule has 1 rings (SSSR count). The average molecular weight is 291 g/mol. The van der Waals surface area contributed by atoms with Crippen LogP contribution in [0.5, 0.6) is 0 Å². The van der Waals surface area contributed by atoms with Crippen LogP contribution < -0.4 is 4.72 Å². The number of unbranched alkanes of at least 4 members (excludes halogenated alkanes) is 1. The first-order valence-electron chi connectivity index (χ1n) is 5.68. The van der Waals surface area contributed by atoms with Gasteiger partial charge in [-0.25, -0.2) is 8.42 Å². The van der Waals surface area contributed by atoms with Crippen LogP contribution in [0.1, 0.15) is 31.1 Å². The van der Waals surface area contributed by atoms with E-state index in [2.05, 4.69) is 4.72 Å². The molecule has 0 unspecified atom stereocenters. The van der Waals surface area contributed by atoms with Crippen LogP contribution in [0.25, 0.3) is 0 Å². The van der Waals surface area contributed by atoms with Crippen molar-refractivity contribution in [3.8, 4) is 0 Å². The first-order chi connectivity index (χ1) is 8.36. The Kier molecular flexibility index (Phi) is 5.30. The Labute approximate surface area is 111 Å². The first-order valence-corrected chi connectivity index (χ1v) is 7.98. The Morgan fingerprint density at radius 3 is 2.61 bits per heavy atom. The maximum absolute atomic E-state index is 12.0. The summed E-state index contributed by atoms with van der Waals surface area (Å²) >= 11 is 1.13. The molecule has 2 N–H and O–H groups in total. The van der Waals surface area contributed by atoms with Crippen LogP contribution in [-0.2, 0) is 14.8 Å². The van der Waals surface area contributed by atoms with Gasteiger partial charge in [0, 0.05) is 4.88 Å². The van der Waals surface area contributed by atoms with E-state index in [0.717, 1.165) is 22.6 Å². The van der Waals surface area contributed by atoms with Crippen LogP contribution in [0.4, 0.5) is 0 Å². The van der Waals surface area contributed by atoms with Crippen LogP contribution in [0.15, 0.2) is 16.3 Å². The van der Waals surface area contributed by atoms with Gasteiger partial charge in [0.25, 0.3) is 10.0 Å². The molecule has 0 radical (unpaired) electrons. The van der Waals surface area contributed by atoms with Gasteiger partial charge < -0.3 is 5.11 Å². The molecule has 1 aromatic heterocycles. The fraction of sp³-hybridized carbons (Fsp3) is 0.545. The lowest BCUT2D eigenvalue weighted by Gasteiger charge is -2.13. The number of carbonyl (C=O) groups is 1. The van der Waals surface area contributed by atoms with E-state index in [0.29, 0.717) is 12.8 Å². The highest BCUT2D eigenvalue weighted by Crippen LogP contribution is 2.21. The zero-order valence-corrected chi connectivity index (χ0v) is 12.0. The van der Waals surface area contributed by atoms with Crippen molar-refractivity contribution in [1.82, 2.24) is 4.72 Å². The Morgan fingerprint density at radius 1 is 1.50 bits per heavy atom. The highest BCUT2D eigenvalue weighted by molar-refractivity contribution is 7.91. The van der Waals surface area contributed by atoms with E-state index in [1.165, 1.54) is 6.07 Å². The van der Waals surface area contributed by atoms with Crippen LogP contribution in [0, 0.1) is 6.92 Å². The number of sulfonamides is 1. The van der Waals surface area contributed by atoms with E-state index < -0.39 is 22.0 Å². The van der Waals surface area contributed by atoms with E-state index in [4.69, 9.17) is 5.11 Å². The summed E-state index contributed by atoms with van der Waals surface area (Å²) in [4.78, 5) is 11.9. The Hall–Kier alpha value is -0.920. The lowest BCUT2D eigenvalue weighted by molar-refractivity contribution is -0.139. The monoisotopic (exact) mass is 291 g/mol. The summed E-state index contributed by atoms with van der Waals surface area (Å²) in [6.07, 6.45) is 1.79. The third-order valence-corrected chi connectivity index (χ3v) is 5.39. The van der Waals surface area contributed by atoms with Gasteiger partial charge in [-0.2, -0.15) is 4.72 Å². The lowest BCUT2D eigenvalue weighted by Crippen LogP contribution is -2.40. The molecule has 18 heavy (non-hydrogen) atoms. The summed E-state index contributed by atoms with van der Waals surface area (Å²) in [6, 6.07) is 2.12. The molecule has 1 heterocycles. The van der Waals surface area contributed by atoms with Crippen LogP contribution >= 0.6 is 11.3 Å². The molecular weight excluding hydrogens is 274 g/mol. The molecule has 0 saturated carbocycles.